The molecule has 5 nitrogen and oxygen atoms in total. The molecule has 0 bridgehead atoms. The van der Waals surface area contributed by atoms with Crippen LogP contribution in [0.4, 0.5) is 17.1 Å². The lowest BCUT2D eigenvalue weighted by Gasteiger charge is -2.30. The third kappa shape index (κ3) is 3.49. The van der Waals surface area contributed by atoms with E-state index in [0.29, 0.717) is 5.56 Å². The van der Waals surface area contributed by atoms with Gasteiger partial charge in [0.15, 0.2) is 0 Å². The average molecular weight is 359 g/mol. The number of hydrogen-bond acceptors (Lipinski definition) is 4. The van der Waals surface area contributed by atoms with Crippen LogP contribution in [0.1, 0.15) is 31.2 Å². The van der Waals surface area contributed by atoms with Crippen molar-refractivity contribution < 1.29 is 0 Å². The Morgan fingerprint density at radius 3 is 2.78 bits per heavy atom. The predicted octanol–water partition coefficient (Wildman–Crippen LogP) is 4.48. The van der Waals surface area contributed by atoms with Crippen LogP contribution in [0.25, 0.3) is 10.9 Å². The van der Waals surface area contributed by atoms with Gasteiger partial charge in [0.05, 0.1) is 11.3 Å². The molecule has 4 N–H and O–H groups in total. The van der Waals surface area contributed by atoms with Crippen molar-refractivity contribution in [3.63, 3.8) is 0 Å². The number of fused-ring (bicyclic) bond motifs is 1. The summed E-state index contributed by atoms with van der Waals surface area (Å²) in [6.45, 7) is 0. The van der Waals surface area contributed by atoms with Gasteiger partial charge >= 0.3 is 0 Å². The van der Waals surface area contributed by atoms with Crippen molar-refractivity contribution in [2.24, 2.45) is 12.8 Å². The van der Waals surface area contributed by atoms with Gasteiger partial charge in [0.2, 0.25) is 0 Å². The van der Waals surface area contributed by atoms with E-state index in [1.807, 2.05) is 43.6 Å². The monoisotopic (exact) mass is 359 g/mol. The third-order valence-electron chi connectivity index (χ3n) is 5.51. The van der Waals surface area contributed by atoms with Crippen molar-refractivity contribution in [3.8, 4) is 6.07 Å². The second-order valence-electron chi connectivity index (χ2n) is 7.36. The fraction of sp³-hybridized carbons (Fsp3) is 0.318. The van der Waals surface area contributed by atoms with Gasteiger partial charge in [0.1, 0.15) is 6.07 Å². The number of benzene rings is 2. The van der Waals surface area contributed by atoms with E-state index in [1.165, 1.54) is 12.8 Å². The van der Waals surface area contributed by atoms with Gasteiger partial charge in [-0.2, -0.15) is 5.26 Å². The Balaban J connectivity index is 1.64. The van der Waals surface area contributed by atoms with Crippen molar-refractivity contribution in [2.75, 3.05) is 10.6 Å². The molecule has 0 unspecified atom stereocenters. The first kappa shape index (κ1) is 17.4. The summed E-state index contributed by atoms with van der Waals surface area (Å²) in [5, 5.41) is 17.7. The van der Waals surface area contributed by atoms with Crippen LogP contribution in [0.3, 0.4) is 0 Å². The third-order valence-corrected chi connectivity index (χ3v) is 5.51. The molecule has 0 amide bonds. The predicted molar refractivity (Wildman–Crippen MR) is 111 cm³/mol. The van der Waals surface area contributed by atoms with E-state index in [0.717, 1.165) is 40.8 Å². The quantitative estimate of drug-likeness (QED) is 0.642. The van der Waals surface area contributed by atoms with Crippen molar-refractivity contribution in [1.29, 1.82) is 5.26 Å². The van der Waals surface area contributed by atoms with Gasteiger partial charge in [-0.25, -0.2) is 0 Å². The second kappa shape index (κ2) is 7.34. The molecule has 0 radical (unpaired) electrons. The lowest BCUT2D eigenvalue weighted by molar-refractivity contribution is 0.404. The molecule has 1 saturated carbocycles. The first-order valence-electron chi connectivity index (χ1n) is 9.53. The van der Waals surface area contributed by atoms with Crippen molar-refractivity contribution in [2.45, 2.75) is 37.8 Å². The maximum absolute atomic E-state index is 9.53. The lowest BCUT2D eigenvalue weighted by atomic mass is 9.91. The Kier molecular flexibility index (Phi) is 4.74. The highest BCUT2D eigenvalue weighted by Crippen LogP contribution is 2.31. The molecule has 1 fully saturated rings. The highest BCUT2D eigenvalue weighted by molar-refractivity contribution is 5.94. The Morgan fingerprint density at radius 1 is 1.11 bits per heavy atom. The fourth-order valence-corrected chi connectivity index (χ4v) is 3.94. The molecule has 1 aliphatic carbocycles. The Morgan fingerprint density at radius 2 is 1.96 bits per heavy atom. The first-order chi connectivity index (χ1) is 13.2. The van der Waals surface area contributed by atoms with Crippen LogP contribution in [0, 0.1) is 11.3 Å². The number of nitrogens with zero attached hydrogens (tertiary/aromatic N) is 2. The molecule has 2 atom stereocenters. The van der Waals surface area contributed by atoms with Crippen molar-refractivity contribution in [3.05, 3.63) is 54.2 Å². The molecule has 1 aromatic heterocycles. The summed E-state index contributed by atoms with van der Waals surface area (Å²) in [5.41, 5.74) is 10.9. The Bertz CT molecular complexity index is 998. The zero-order valence-electron chi connectivity index (χ0n) is 15.6. The van der Waals surface area contributed by atoms with E-state index in [1.54, 1.807) is 0 Å². The largest absolute Gasteiger partial charge is 0.381 e. The summed E-state index contributed by atoms with van der Waals surface area (Å²) in [4.78, 5) is 0. The molecule has 3 aromatic rings. The highest BCUT2D eigenvalue weighted by atomic mass is 15.0. The van der Waals surface area contributed by atoms with Crippen LogP contribution in [0.5, 0.6) is 0 Å². The van der Waals surface area contributed by atoms with Crippen LogP contribution < -0.4 is 16.4 Å². The minimum Gasteiger partial charge on any atom is -0.381 e. The van der Waals surface area contributed by atoms with Crippen LogP contribution in [0.2, 0.25) is 0 Å². The summed E-state index contributed by atoms with van der Waals surface area (Å²) >= 11 is 0. The zero-order chi connectivity index (χ0) is 18.8. The molecule has 0 aliphatic heterocycles. The van der Waals surface area contributed by atoms with Gasteiger partial charge in [-0.15, -0.1) is 0 Å². The number of aromatic nitrogens is 1. The summed E-state index contributed by atoms with van der Waals surface area (Å²) < 4.78 is 2.09. The molecule has 2 aromatic carbocycles. The summed E-state index contributed by atoms with van der Waals surface area (Å²) in [7, 11) is 2.03. The molecule has 5 heteroatoms. The number of aryl methyl sites for hydroxylation is 1. The smallest absolute Gasteiger partial charge is 0.101 e. The van der Waals surface area contributed by atoms with Crippen LogP contribution in [-0.4, -0.2) is 16.7 Å². The standard InChI is InChI=1S/C22H25N5/c1-27-12-11-17-19(7-4-8-22(17)27)26-21-13-16(10-9-15(21)14-23)25-20-6-3-2-5-18(20)24/h4,7-13,18,20,25-26H,2-3,5-6,24H2,1H3/t18-,20+/m0/s1. The van der Waals surface area contributed by atoms with Crippen LogP contribution in [-0.2, 0) is 7.05 Å². The minimum atomic E-state index is 0.184. The van der Waals surface area contributed by atoms with Gasteiger partial charge in [0.25, 0.3) is 0 Å². The topological polar surface area (TPSA) is 78.8 Å². The van der Waals surface area contributed by atoms with E-state index < -0.39 is 0 Å². The normalized spacial score (nSPS) is 19.6. The average Bonchev–Trinajstić information content (AvgIpc) is 3.06. The summed E-state index contributed by atoms with van der Waals surface area (Å²) in [5.74, 6) is 0. The van der Waals surface area contributed by atoms with E-state index in [9.17, 15) is 5.26 Å². The van der Waals surface area contributed by atoms with Gasteiger partial charge in [-0.05, 0) is 49.2 Å². The molecule has 0 spiro atoms. The number of anilines is 3. The number of nitrogens with two attached hydrogens (primary N) is 1. The van der Waals surface area contributed by atoms with Gasteiger partial charge in [-0.3, -0.25) is 0 Å². The number of rotatable bonds is 4. The molecule has 1 aliphatic rings. The highest BCUT2D eigenvalue weighted by Gasteiger charge is 2.21. The van der Waals surface area contributed by atoms with Crippen LogP contribution >= 0.6 is 0 Å². The van der Waals surface area contributed by atoms with Gasteiger partial charge < -0.3 is 20.9 Å². The SMILES string of the molecule is Cn1ccc2c(Nc3cc(N[C@@H]4CCCC[C@@H]4N)ccc3C#N)cccc21. The number of nitriles is 1. The molecule has 27 heavy (non-hydrogen) atoms. The molecule has 0 saturated heterocycles. The molecule has 138 valence electrons. The Labute approximate surface area is 159 Å². The fourth-order valence-electron chi connectivity index (χ4n) is 3.94. The van der Waals surface area contributed by atoms with Crippen LogP contribution in [0.15, 0.2) is 48.7 Å². The number of nitrogens with one attached hydrogen (secondary N) is 2. The maximum atomic E-state index is 9.53. The zero-order valence-corrected chi connectivity index (χ0v) is 15.6. The molecule has 4 rings (SSSR count). The lowest BCUT2D eigenvalue weighted by Crippen LogP contribution is -2.42. The minimum absolute atomic E-state index is 0.184. The van der Waals surface area contributed by atoms with E-state index in [-0.39, 0.29) is 12.1 Å². The second-order valence-corrected chi connectivity index (χ2v) is 7.36. The van der Waals surface area contributed by atoms with E-state index >= 15 is 0 Å². The molecular formula is C22H25N5. The maximum Gasteiger partial charge on any atom is 0.101 e. The van der Waals surface area contributed by atoms with Gasteiger partial charge in [0, 0.05) is 47.6 Å². The van der Waals surface area contributed by atoms with Crippen molar-refractivity contribution in [1.82, 2.24) is 4.57 Å². The molecular weight excluding hydrogens is 334 g/mol. The molecule has 1 heterocycles. The first-order valence-corrected chi connectivity index (χ1v) is 9.53. The van der Waals surface area contributed by atoms with Crippen molar-refractivity contribution >= 4 is 28.0 Å². The Hall–Kier alpha value is -2.97. The summed E-state index contributed by atoms with van der Waals surface area (Å²) in [6, 6.07) is 16.9. The van der Waals surface area contributed by atoms with E-state index in [4.69, 9.17) is 5.73 Å². The summed E-state index contributed by atoms with van der Waals surface area (Å²) in [6.07, 6.45) is 6.62. The number of hydrogen-bond donors (Lipinski definition) is 3. The van der Waals surface area contributed by atoms with E-state index in [2.05, 4.69) is 33.4 Å². The van der Waals surface area contributed by atoms with Gasteiger partial charge in [-0.1, -0.05) is 18.9 Å².